The highest BCUT2D eigenvalue weighted by atomic mass is 35.5. The van der Waals surface area contributed by atoms with E-state index in [1.165, 1.54) is 6.92 Å². The molecule has 2 aromatic carbocycles. The van der Waals surface area contributed by atoms with Gasteiger partial charge in [-0.05, 0) is 55.7 Å². The summed E-state index contributed by atoms with van der Waals surface area (Å²) in [7, 11) is 0. The number of nitrogens with zero attached hydrogens (tertiary/aromatic N) is 1. The van der Waals surface area contributed by atoms with Gasteiger partial charge >= 0.3 is 0 Å². The summed E-state index contributed by atoms with van der Waals surface area (Å²) >= 11 is 5.87. The van der Waals surface area contributed by atoms with E-state index in [0.29, 0.717) is 24.6 Å². The first-order valence-electron chi connectivity index (χ1n) is 8.95. The Morgan fingerprint density at radius 2 is 1.81 bits per heavy atom. The van der Waals surface area contributed by atoms with Crippen molar-refractivity contribution in [1.82, 2.24) is 5.32 Å². The molecule has 27 heavy (non-hydrogen) atoms. The number of ether oxygens (including phenoxy) is 1. The van der Waals surface area contributed by atoms with Crippen LogP contribution in [0.3, 0.4) is 0 Å². The Kier molecular flexibility index (Phi) is 5.71. The van der Waals surface area contributed by atoms with Gasteiger partial charge in [0.2, 0.25) is 5.91 Å². The van der Waals surface area contributed by atoms with E-state index in [1.807, 2.05) is 38.1 Å². The first-order valence-corrected chi connectivity index (χ1v) is 9.33. The molecule has 1 aliphatic heterocycles. The zero-order valence-electron chi connectivity index (χ0n) is 15.7. The zero-order valence-corrected chi connectivity index (χ0v) is 16.5. The molecule has 0 aromatic heterocycles. The van der Waals surface area contributed by atoms with Crippen molar-refractivity contribution in [1.29, 1.82) is 0 Å². The fraction of sp³-hybridized carbons (Fsp3) is 0.333. The predicted octanol–water partition coefficient (Wildman–Crippen LogP) is 3.95. The van der Waals surface area contributed by atoms with Crippen LogP contribution in [0.2, 0.25) is 5.02 Å². The molecule has 1 heterocycles. The monoisotopic (exact) mass is 386 g/mol. The number of hydrogen-bond donors (Lipinski definition) is 1. The summed E-state index contributed by atoms with van der Waals surface area (Å²) in [6.07, 6.45) is 0.675. The number of halogens is 1. The summed E-state index contributed by atoms with van der Waals surface area (Å²) in [5, 5.41) is 3.46. The van der Waals surface area contributed by atoms with Crippen LogP contribution in [0.15, 0.2) is 36.4 Å². The van der Waals surface area contributed by atoms with Crippen molar-refractivity contribution in [2.45, 2.75) is 33.2 Å². The van der Waals surface area contributed by atoms with Crippen molar-refractivity contribution >= 4 is 29.1 Å². The molecular formula is C21H23ClN2O3. The Morgan fingerprint density at radius 3 is 2.48 bits per heavy atom. The normalized spacial score (nSPS) is 15.6. The van der Waals surface area contributed by atoms with E-state index in [9.17, 15) is 9.59 Å². The van der Waals surface area contributed by atoms with Crippen molar-refractivity contribution < 1.29 is 14.3 Å². The van der Waals surface area contributed by atoms with Crippen LogP contribution in [-0.2, 0) is 9.59 Å². The summed E-state index contributed by atoms with van der Waals surface area (Å²) in [5.74, 6) is 0.438. The Hall–Kier alpha value is -2.53. The highest BCUT2D eigenvalue weighted by Crippen LogP contribution is 2.40. The first kappa shape index (κ1) is 19.2. The largest absolute Gasteiger partial charge is 0.494 e. The second-order valence-electron chi connectivity index (χ2n) is 6.74. The molecule has 5 nitrogen and oxygen atoms in total. The van der Waals surface area contributed by atoms with Gasteiger partial charge in [-0.15, -0.1) is 0 Å². The minimum Gasteiger partial charge on any atom is -0.494 e. The highest BCUT2D eigenvalue weighted by molar-refractivity contribution is 6.30. The third kappa shape index (κ3) is 4.08. The number of aryl methyl sites for hydroxylation is 2. The number of hydrogen-bond acceptors (Lipinski definition) is 3. The van der Waals surface area contributed by atoms with Crippen molar-refractivity contribution in [3.63, 3.8) is 0 Å². The zero-order chi connectivity index (χ0) is 19.6. The average Bonchev–Trinajstić information content (AvgIpc) is 2.90. The lowest BCUT2D eigenvalue weighted by Gasteiger charge is -2.20. The molecule has 1 aliphatic rings. The number of benzene rings is 2. The second-order valence-corrected chi connectivity index (χ2v) is 7.18. The van der Waals surface area contributed by atoms with E-state index in [1.54, 1.807) is 17.0 Å². The molecule has 0 saturated carbocycles. The maximum Gasteiger partial charge on any atom is 0.254 e. The van der Waals surface area contributed by atoms with Gasteiger partial charge in [-0.3, -0.25) is 9.59 Å². The number of amides is 2. The molecule has 2 aromatic rings. The van der Waals surface area contributed by atoms with Crippen LogP contribution in [0.4, 0.5) is 5.69 Å². The van der Waals surface area contributed by atoms with Crippen LogP contribution in [-0.4, -0.2) is 25.0 Å². The fourth-order valence-electron chi connectivity index (χ4n) is 3.43. The quantitative estimate of drug-likeness (QED) is 0.765. The predicted molar refractivity (Wildman–Crippen MR) is 106 cm³/mol. The van der Waals surface area contributed by atoms with E-state index < -0.39 is 6.04 Å². The third-order valence-corrected chi connectivity index (χ3v) is 4.92. The van der Waals surface area contributed by atoms with Gasteiger partial charge in [0.05, 0.1) is 12.3 Å². The minimum atomic E-state index is -0.616. The van der Waals surface area contributed by atoms with Gasteiger partial charge in [-0.1, -0.05) is 23.7 Å². The van der Waals surface area contributed by atoms with Crippen LogP contribution < -0.4 is 15.0 Å². The molecule has 6 heteroatoms. The van der Waals surface area contributed by atoms with Crippen LogP contribution in [0, 0.1) is 13.8 Å². The molecule has 0 bridgehead atoms. The molecule has 0 aliphatic carbocycles. The van der Waals surface area contributed by atoms with Crippen LogP contribution >= 0.6 is 11.6 Å². The molecule has 0 saturated heterocycles. The molecule has 0 radical (unpaired) electrons. The van der Waals surface area contributed by atoms with Crippen molar-refractivity contribution in [2.24, 2.45) is 0 Å². The minimum absolute atomic E-state index is 0.0934. The number of nitrogens with one attached hydrogen (secondary N) is 1. The second kappa shape index (κ2) is 8.01. The Labute approximate surface area is 164 Å². The van der Waals surface area contributed by atoms with Gasteiger partial charge in [0, 0.05) is 24.1 Å². The number of fused-ring (bicyclic) bond motifs is 1. The van der Waals surface area contributed by atoms with Gasteiger partial charge in [-0.25, -0.2) is 0 Å². The molecule has 0 fully saturated rings. The lowest BCUT2D eigenvalue weighted by molar-refractivity contribution is -0.126. The molecule has 3 rings (SSSR count). The summed E-state index contributed by atoms with van der Waals surface area (Å²) in [6, 6.07) is 10.6. The van der Waals surface area contributed by atoms with E-state index >= 15 is 0 Å². The van der Waals surface area contributed by atoms with E-state index in [0.717, 1.165) is 28.1 Å². The van der Waals surface area contributed by atoms with Crippen molar-refractivity contribution in [3.8, 4) is 5.75 Å². The lowest BCUT2D eigenvalue weighted by Crippen LogP contribution is -2.37. The van der Waals surface area contributed by atoms with E-state index in [2.05, 4.69) is 5.32 Å². The summed E-state index contributed by atoms with van der Waals surface area (Å²) < 4.78 is 5.72. The highest BCUT2D eigenvalue weighted by Gasteiger charge is 2.39. The number of anilines is 1. The van der Waals surface area contributed by atoms with Crippen molar-refractivity contribution in [3.05, 3.63) is 58.1 Å². The maximum atomic E-state index is 13.0. The van der Waals surface area contributed by atoms with Crippen LogP contribution in [0.25, 0.3) is 0 Å². The van der Waals surface area contributed by atoms with Crippen LogP contribution in [0.1, 0.15) is 36.1 Å². The summed E-state index contributed by atoms with van der Waals surface area (Å²) in [4.78, 5) is 26.3. The van der Waals surface area contributed by atoms with Gasteiger partial charge in [0.25, 0.3) is 5.91 Å². The standard InChI is InChI=1S/C21H23ClN2O3/c1-13-5-6-14(2)20-18(13)19(23-15(3)25)21(26)24(20)11-4-12-27-17-9-7-16(22)8-10-17/h5-10,19H,4,11-12H2,1-3H3,(H,23,25)/t19-/m1/s1. The van der Waals surface area contributed by atoms with Gasteiger partial charge < -0.3 is 15.0 Å². The summed E-state index contributed by atoms with van der Waals surface area (Å²) in [6.45, 7) is 6.39. The summed E-state index contributed by atoms with van der Waals surface area (Å²) in [5.41, 5.74) is 3.83. The molecule has 0 unspecified atom stereocenters. The molecule has 1 N–H and O–H groups in total. The maximum absolute atomic E-state index is 13.0. The number of rotatable bonds is 6. The SMILES string of the molecule is CC(=O)N[C@H]1C(=O)N(CCCOc2ccc(Cl)cc2)c2c(C)ccc(C)c21. The Balaban J connectivity index is 1.72. The molecule has 142 valence electrons. The third-order valence-electron chi connectivity index (χ3n) is 4.66. The van der Waals surface area contributed by atoms with E-state index in [-0.39, 0.29) is 11.8 Å². The molecule has 1 atom stereocenters. The fourth-order valence-corrected chi connectivity index (χ4v) is 3.56. The first-order chi connectivity index (χ1) is 12.9. The van der Waals surface area contributed by atoms with Gasteiger partial charge in [-0.2, -0.15) is 0 Å². The lowest BCUT2D eigenvalue weighted by atomic mass is 9.99. The number of carbonyl (C=O) groups is 2. The molecule has 2 amide bonds. The topological polar surface area (TPSA) is 58.6 Å². The molecule has 0 spiro atoms. The van der Waals surface area contributed by atoms with Crippen LogP contribution in [0.5, 0.6) is 5.75 Å². The molecular weight excluding hydrogens is 364 g/mol. The van der Waals surface area contributed by atoms with Gasteiger partial charge in [0.15, 0.2) is 0 Å². The Morgan fingerprint density at radius 1 is 1.15 bits per heavy atom. The average molecular weight is 387 g/mol. The Bertz CT molecular complexity index is 864. The van der Waals surface area contributed by atoms with E-state index in [4.69, 9.17) is 16.3 Å². The van der Waals surface area contributed by atoms with Gasteiger partial charge in [0.1, 0.15) is 11.8 Å². The van der Waals surface area contributed by atoms with Crippen molar-refractivity contribution in [2.75, 3.05) is 18.1 Å². The number of carbonyl (C=O) groups excluding carboxylic acids is 2. The smallest absolute Gasteiger partial charge is 0.254 e.